The molecule has 0 aromatic carbocycles. The summed E-state index contributed by atoms with van der Waals surface area (Å²) in [7, 11) is 1.23. The van der Waals surface area contributed by atoms with Crippen molar-refractivity contribution >= 4 is 11.8 Å². The largest absolute Gasteiger partial charge is 0.469 e. The third-order valence-electron chi connectivity index (χ3n) is 2.13. The highest BCUT2D eigenvalue weighted by Gasteiger charge is 2.45. The highest BCUT2D eigenvalue weighted by Crippen LogP contribution is 2.25. The van der Waals surface area contributed by atoms with Crippen molar-refractivity contribution in [3.63, 3.8) is 0 Å². The maximum absolute atomic E-state index is 11.3. The number of esters is 1. The average Bonchev–Trinajstić information content (AvgIpc) is 2.48. The Hall–Kier alpha value is -0.940. The molecule has 1 saturated heterocycles. The van der Waals surface area contributed by atoms with Crippen LogP contribution in [0.5, 0.6) is 0 Å². The summed E-state index contributed by atoms with van der Waals surface area (Å²) in [5.41, 5.74) is -1.34. The summed E-state index contributed by atoms with van der Waals surface area (Å²) in [5, 5.41) is 8.98. The van der Waals surface area contributed by atoms with Gasteiger partial charge in [0.05, 0.1) is 26.7 Å². The molecule has 74 valence electrons. The van der Waals surface area contributed by atoms with E-state index in [1.165, 1.54) is 7.11 Å². The number of Topliss-reactive ketones (excluding diaryl/α,β-unsaturated/α-hetero) is 1. The molecule has 0 aromatic rings. The van der Waals surface area contributed by atoms with E-state index in [4.69, 9.17) is 9.84 Å². The molecule has 1 unspecified atom stereocenters. The van der Waals surface area contributed by atoms with E-state index >= 15 is 0 Å². The first-order chi connectivity index (χ1) is 6.14. The van der Waals surface area contributed by atoms with Crippen LogP contribution in [0.1, 0.15) is 12.8 Å². The van der Waals surface area contributed by atoms with Gasteiger partial charge in [-0.05, 0) is 0 Å². The van der Waals surface area contributed by atoms with Gasteiger partial charge in [-0.1, -0.05) is 0 Å². The minimum Gasteiger partial charge on any atom is -0.469 e. The number of aliphatic hydroxyl groups is 1. The SMILES string of the molecule is COC(=O)CC1(CO)OCCC1=O. The standard InChI is InChI=1S/C8H12O5/c1-12-7(11)4-8(5-9)6(10)2-3-13-8/h9H,2-5H2,1H3. The van der Waals surface area contributed by atoms with Crippen LogP contribution in [0.25, 0.3) is 0 Å². The highest BCUT2D eigenvalue weighted by molar-refractivity contribution is 5.93. The molecule has 1 aliphatic rings. The highest BCUT2D eigenvalue weighted by atomic mass is 16.5. The number of carbonyl (C=O) groups is 2. The van der Waals surface area contributed by atoms with E-state index in [0.29, 0.717) is 0 Å². The number of ether oxygens (including phenoxy) is 2. The van der Waals surface area contributed by atoms with Gasteiger partial charge >= 0.3 is 5.97 Å². The monoisotopic (exact) mass is 188 g/mol. The lowest BCUT2D eigenvalue weighted by Gasteiger charge is -2.22. The fourth-order valence-electron chi connectivity index (χ4n) is 1.29. The van der Waals surface area contributed by atoms with Crippen LogP contribution in [0, 0.1) is 0 Å². The van der Waals surface area contributed by atoms with Crippen LogP contribution in [0.3, 0.4) is 0 Å². The van der Waals surface area contributed by atoms with E-state index in [1.54, 1.807) is 0 Å². The van der Waals surface area contributed by atoms with Crippen molar-refractivity contribution in [1.29, 1.82) is 0 Å². The second-order valence-electron chi connectivity index (χ2n) is 2.93. The summed E-state index contributed by atoms with van der Waals surface area (Å²) in [6.45, 7) is -0.211. The summed E-state index contributed by atoms with van der Waals surface area (Å²) in [6.07, 6.45) is 0.0381. The molecule has 0 spiro atoms. The number of hydrogen-bond acceptors (Lipinski definition) is 5. The smallest absolute Gasteiger partial charge is 0.309 e. The number of methoxy groups -OCH3 is 1. The maximum atomic E-state index is 11.3. The van der Waals surface area contributed by atoms with E-state index in [2.05, 4.69) is 4.74 Å². The molecule has 0 radical (unpaired) electrons. The van der Waals surface area contributed by atoms with Gasteiger partial charge in [0.1, 0.15) is 0 Å². The number of ketones is 1. The molecular formula is C8H12O5. The Balaban J connectivity index is 2.69. The van der Waals surface area contributed by atoms with E-state index in [9.17, 15) is 9.59 Å². The zero-order chi connectivity index (χ0) is 9.90. The maximum Gasteiger partial charge on any atom is 0.309 e. The van der Waals surface area contributed by atoms with Crippen LogP contribution in [0.4, 0.5) is 0 Å². The van der Waals surface area contributed by atoms with Gasteiger partial charge in [-0.2, -0.15) is 0 Å². The summed E-state index contributed by atoms with van der Waals surface area (Å²) in [4.78, 5) is 22.2. The molecule has 1 aliphatic heterocycles. The fourth-order valence-corrected chi connectivity index (χ4v) is 1.29. The second kappa shape index (κ2) is 3.85. The summed E-state index contributed by atoms with van der Waals surface area (Å²) < 4.78 is 9.48. The minimum absolute atomic E-state index is 0.209. The number of hydrogen-bond donors (Lipinski definition) is 1. The third-order valence-corrected chi connectivity index (χ3v) is 2.13. The van der Waals surface area contributed by atoms with Crippen molar-refractivity contribution < 1.29 is 24.2 Å². The number of rotatable bonds is 3. The predicted octanol–water partition coefficient (Wildman–Crippen LogP) is -0.730. The lowest BCUT2D eigenvalue weighted by molar-refractivity contribution is -0.154. The second-order valence-corrected chi connectivity index (χ2v) is 2.93. The Morgan fingerprint density at radius 1 is 1.77 bits per heavy atom. The number of carbonyl (C=O) groups excluding carboxylic acids is 2. The molecular weight excluding hydrogens is 176 g/mol. The Bertz CT molecular complexity index is 225. The van der Waals surface area contributed by atoms with Crippen LogP contribution in [0.15, 0.2) is 0 Å². The van der Waals surface area contributed by atoms with Crippen LogP contribution in [-0.4, -0.2) is 42.8 Å². The van der Waals surface area contributed by atoms with Crippen molar-refractivity contribution in [3.8, 4) is 0 Å². The van der Waals surface area contributed by atoms with Crippen LogP contribution < -0.4 is 0 Å². The third kappa shape index (κ3) is 1.87. The van der Waals surface area contributed by atoms with E-state index < -0.39 is 18.2 Å². The Labute approximate surface area is 75.6 Å². The van der Waals surface area contributed by atoms with Gasteiger partial charge in [0.15, 0.2) is 11.4 Å². The quantitative estimate of drug-likeness (QED) is 0.591. The lowest BCUT2D eigenvalue weighted by atomic mass is 9.96. The zero-order valence-corrected chi connectivity index (χ0v) is 7.41. The molecule has 1 fully saturated rings. The molecule has 1 rings (SSSR count). The van der Waals surface area contributed by atoms with Crippen molar-refractivity contribution in [2.45, 2.75) is 18.4 Å². The van der Waals surface area contributed by atoms with Gasteiger partial charge in [-0.15, -0.1) is 0 Å². The molecule has 0 aliphatic carbocycles. The Morgan fingerprint density at radius 2 is 2.46 bits per heavy atom. The molecule has 0 saturated carbocycles. The summed E-state index contributed by atoms with van der Waals surface area (Å²) >= 11 is 0. The normalized spacial score (nSPS) is 27.7. The summed E-state index contributed by atoms with van der Waals surface area (Å²) in [5.74, 6) is -0.787. The molecule has 1 atom stereocenters. The van der Waals surface area contributed by atoms with Gasteiger partial charge in [0, 0.05) is 6.42 Å². The first-order valence-electron chi connectivity index (χ1n) is 3.99. The van der Waals surface area contributed by atoms with Crippen molar-refractivity contribution in [2.24, 2.45) is 0 Å². The fraction of sp³-hybridized carbons (Fsp3) is 0.750. The first-order valence-corrected chi connectivity index (χ1v) is 3.99. The van der Waals surface area contributed by atoms with Crippen LogP contribution in [-0.2, 0) is 19.1 Å². The molecule has 0 amide bonds. The molecule has 0 bridgehead atoms. The number of aliphatic hydroxyl groups excluding tert-OH is 1. The van der Waals surface area contributed by atoms with E-state index in [1.807, 2.05) is 0 Å². The topological polar surface area (TPSA) is 72.8 Å². The van der Waals surface area contributed by atoms with Crippen molar-refractivity contribution in [1.82, 2.24) is 0 Å². The van der Waals surface area contributed by atoms with Gasteiger partial charge in [0.2, 0.25) is 0 Å². The average molecular weight is 188 g/mol. The Kier molecular flexibility index (Phi) is 3.00. The van der Waals surface area contributed by atoms with Crippen LogP contribution in [0.2, 0.25) is 0 Å². The molecule has 5 heteroatoms. The van der Waals surface area contributed by atoms with E-state index in [0.717, 1.165) is 0 Å². The van der Waals surface area contributed by atoms with Gasteiger partial charge < -0.3 is 14.6 Å². The van der Waals surface area contributed by atoms with E-state index in [-0.39, 0.29) is 25.2 Å². The van der Waals surface area contributed by atoms with Crippen molar-refractivity contribution in [2.75, 3.05) is 20.3 Å². The lowest BCUT2D eigenvalue weighted by Crippen LogP contribution is -2.42. The zero-order valence-electron chi connectivity index (χ0n) is 7.41. The van der Waals surface area contributed by atoms with Gasteiger partial charge in [-0.25, -0.2) is 0 Å². The predicted molar refractivity (Wildman–Crippen MR) is 42.0 cm³/mol. The van der Waals surface area contributed by atoms with Gasteiger partial charge in [0.25, 0.3) is 0 Å². The summed E-state index contributed by atoms with van der Waals surface area (Å²) in [6, 6.07) is 0. The molecule has 13 heavy (non-hydrogen) atoms. The molecule has 1 heterocycles. The Morgan fingerprint density at radius 3 is 2.85 bits per heavy atom. The molecule has 0 aromatic heterocycles. The van der Waals surface area contributed by atoms with Crippen LogP contribution >= 0.6 is 0 Å². The molecule has 5 nitrogen and oxygen atoms in total. The van der Waals surface area contributed by atoms with Gasteiger partial charge in [-0.3, -0.25) is 9.59 Å². The van der Waals surface area contributed by atoms with Crippen molar-refractivity contribution in [3.05, 3.63) is 0 Å². The minimum atomic E-state index is -1.34. The molecule has 1 N–H and O–H groups in total. The first kappa shape index (κ1) is 10.1.